The predicted molar refractivity (Wildman–Crippen MR) is 89.1 cm³/mol. The minimum atomic E-state index is 0. The molecule has 0 bridgehead atoms. The summed E-state index contributed by atoms with van der Waals surface area (Å²) in [6, 6.07) is 10.3. The number of carbonyl (C=O) groups excluding carboxylic acids is 1. The van der Waals surface area contributed by atoms with Crippen molar-refractivity contribution in [3.8, 4) is 11.3 Å². The molecule has 6 heteroatoms. The summed E-state index contributed by atoms with van der Waals surface area (Å²) in [5, 5.41) is 8.86. The quantitative estimate of drug-likeness (QED) is 0.907. The number of hydrogen-bond acceptors (Lipinski definition) is 4. The van der Waals surface area contributed by atoms with E-state index in [0.29, 0.717) is 17.6 Å². The first kappa shape index (κ1) is 15.9. The molecule has 4 nitrogen and oxygen atoms in total. The van der Waals surface area contributed by atoms with Gasteiger partial charge in [0.1, 0.15) is 0 Å². The highest BCUT2D eigenvalue weighted by Gasteiger charge is 2.18. The number of thiazole rings is 1. The number of aromatic nitrogens is 1. The molecule has 1 aliphatic rings. The van der Waals surface area contributed by atoms with Crippen LogP contribution in [0.25, 0.3) is 11.3 Å². The second kappa shape index (κ2) is 7.54. The molecule has 2 N–H and O–H groups in total. The second-order valence-corrected chi connectivity index (χ2v) is 5.81. The maximum Gasteiger partial charge on any atom is 0.227 e. The molecule has 0 aliphatic carbocycles. The number of hydrogen-bond donors (Lipinski definition) is 2. The minimum absolute atomic E-state index is 0. The summed E-state index contributed by atoms with van der Waals surface area (Å²) in [6.45, 7) is 1.02. The van der Waals surface area contributed by atoms with Crippen molar-refractivity contribution in [2.75, 3.05) is 11.9 Å². The third-order valence-electron chi connectivity index (χ3n) is 3.41. The van der Waals surface area contributed by atoms with Gasteiger partial charge in [0.15, 0.2) is 5.13 Å². The molecule has 0 spiro atoms. The van der Waals surface area contributed by atoms with E-state index in [2.05, 4.69) is 15.6 Å². The molecule has 1 saturated heterocycles. The monoisotopic (exact) mass is 323 g/mol. The fourth-order valence-corrected chi connectivity index (χ4v) is 3.13. The molecule has 1 unspecified atom stereocenters. The van der Waals surface area contributed by atoms with Crippen LogP contribution in [0.1, 0.15) is 19.3 Å². The Morgan fingerprint density at radius 1 is 1.38 bits per heavy atom. The highest BCUT2D eigenvalue weighted by atomic mass is 35.5. The van der Waals surface area contributed by atoms with Crippen molar-refractivity contribution in [2.45, 2.75) is 25.3 Å². The molecular formula is C15H18ClN3OS. The topological polar surface area (TPSA) is 54.0 Å². The Balaban J connectivity index is 0.00000161. The van der Waals surface area contributed by atoms with E-state index < -0.39 is 0 Å². The SMILES string of the molecule is Cl.O=C(CC1CCCN1)Nc1nc(-c2ccccc2)cs1. The van der Waals surface area contributed by atoms with Crippen molar-refractivity contribution >= 4 is 34.8 Å². The molecule has 3 rings (SSSR count). The molecular weight excluding hydrogens is 306 g/mol. The Labute approximate surface area is 134 Å². The van der Waals surface area contributed by atoms with Gasteiger partial charge in [-0.15, -0.1) is 23.7 Å². The summed E-state index contributed by atoms with van der Waals surface area (Å²) < 4.78 is 0. The van der Waals surface area contributed by atoms with Crippen LogP contribution >= 0.6 is 23.7 Å². The van der Waals surface area contributed by atoms with Crippen LogP contribution < -0.4 is 10.6 Å². The summed E-state index contributed by atoms with van der Waals surface area (Å²) in [6.07, 6.45) is 2.77. The third kappa shape index (κ3) is 4.27. The zero-order chi connectivity index (χ0) is 13.8. The van der Waals surface area contributed by atoms with Gasteiger partial charge < -0.3 is 10.6 Å². The van der Waals surface area contributed by atoms with Gasteiger partial charge in [-0.2, -0.15) is 0 Å². The third-order valence-corrected chi connectivity index (χ3v) is 4.17. The lowest BCUT2D eigenvalue weighted by atomic mass is 10.1. The minimum Gasteiger partial charge on any atom is -0.313 e. The Bertz CT molecular complexity index is 582. The van der Waals surface area contributed by atoms with Crippen LogP contribution in [0.2, 0.25) is 0 Å². The van der Waals surface area contributed by atoms with Crippen LogP contribution in [-0.2, 0) is 4.79 Å². The largest absolute Gasteiger partial charge is 0.313 e. The fraction of sp³-hybridized carbons (Fsp3) is 0.333. The number of carbonyl (C=O) groups is 1. The molecule has 21 heavy (non-hydrogen) atoms. The lowest BCUT2D eigenvalue weighted by molar-refractivity contribution is -0.116. The Hall–Kier alpha value is -1.43. The van der Waals surface area contributed by atoms with Crippen LogP contribution in [0.15, 0.2) is 35.7 Å². The number of nitrogens with zero attached hydrogens (tertiary/aromatic N) is 1. The molecule has 1 aromatic heterocycles. The molecule has 2 aromatic rings. The van der Waals surface area contributed by atoms with Crippen LogP contribution in [0.3, 0.4) is 0 Å². The molecule has 1 fully saturated rings. The smallest absolute Gasteiger partial charge is 0.227 e. The van der Waals surface area contributed by atoms with Crippen molar-refractivity contribution in [1.29, 1.82) is 0 Å². The Kier molecular flexibility index (Phi) is 5.73. The van der Waals surface area contributed by atoms with Crippen LogP contribution in [0, 0.1) is 0 Å². The van der Waals surface area contributed by atoms with Gasteiger partial charge in [-0.05, 0) is 19.4 Å². The Morgan fingerprint density at radius 3 is 2.90 bits per heavy atom. The van der Waals surface area contributed by atoms with Crippen molar-refractivity contribution < 1.29 is 4.79 Å². The van der Waals surface area contributed by atoms with Gasteiger partial charge in [-0.1, -0.05) is 30.3 Å². The summed E-state index contributed by atoms with van der Waals surface area (Å²) in [4.78, 5) is 16.4. The van der Waals surface area contributed by atoms with Crippen LogP contribution in [-0.4, -0.2) is 23.5 Å². The maximum absolute atomic E-state index is 11.9. The lowest BCUT2D eigenvalue weighted by Crippen LogP contribution is -2.27. The fourth-order valence-electron chi connectivity index (χ4n) is 2.40. The van der Waals surface area contributed by atoms with E-state index in [1.807, 2.05) is 35.7 Å². The van der Waals surface area contributed by atoms with Crippen molar-refractivity contribution in [1.82, 2.24) is 10.3 Å². The average Bonchev–Trinajstić information content (AvgIpc) is 3.11. The highest BCUT2D eigenvalue weighted by Crippen LogP contribution is 2.24. The van der Waals surface area contributed by atoms with Crippen LogP contribution in [0.5, 0.6) is 0 Å². The number of nitrogens with one attached hydrogen (secondary N) is 2. The molecule has 0 saturated carbocycles. The standard InChI is InChI=1S/C15H17N3OS.ClH/c19-14(9-12-7-4-8-16-12)18-15-17-13(10-20-15)11-5-2-1-3-6-11;/h1-3,5-6,10,12,16H,4,7-9H2,(H,17,18,19);1H. The van der Waals surface area contributed by atoms with E-state index in [1.54, 1.807) is 0 Å². The highest BCUT2D eigenvalue weighted by molar-refractivity contribution is 7.14. The zero-order valence-corrected chi connectivity index (χ0v) is 13.2. The van der Waals surface area contributed by atoms with Crippen LogP contribution in [0.4, 0.5) is 5.13 Å². The normalized spacial score (nSPS) is 17.2. The molecule has 1 amide bonds. The van der Waals surface area contributed by atoms with Gasteiger partial charge in [0.2, 0.25) is 5.91 Å². The van der Waals surface area contributed by atoms with Crippen molar-refractivity contribution in [3.63, 3.8) is 0 Å². The number of halogens is 1. The van der Waals surface area contributed by atoms with Gasteiger partial charge in [0.25, 0.3) is 0 Å². The van der Waals surface area contributed by atoms with Gasteiger partial charge in [-0.3, -0.25) is 4.79 Å². The average molecular weight is 324 g/mol. The summed E-state index contributed by atoms with van der Waals surface area (Å²) in [5.41, 5.74) is 1.98. The van der Waals surface area contributed by atoms with Gasteiger partial charge in [-0.25, -0.2) is 4.98 Å². The summed E-state index contributed by atoms with van der Waals surface area (Å²) >= 11 is 1.47. The summed E-state index contributed by atoms with van der Waals surface area (Å²) in [5.74, 6) is 0.0401. The molecule has 1 aromatic carbocycles. The first-order valence-electron chi connectivity index (χ1n) is 6.85. The first-order chi connectivity index (χ1) is 9.81. The Morgan fingerprint density at radius 2 is 2.19 bits per heavy atom. The number of benzene rings is 1. The van der Waals surface area contributed by atoms with E-state index in [0.717, 1.165) is 30.6 Å². The van der Waals surface area contributed by atoms with Gasteiger partial charge in [0, 0.05) is 23.4 Å². The number of rotatable bonds is 4. The van der Waals surface area contributed by atoms with E-state index in [4.69, 9.17) is 0 Å². The molecule has 1 aliphatic heterocycles. The van der Waals surface area contributed by atoms with Gasteiger partial charge in [0.05, 0.1) is 5.69 Å². The molecule has 2 heterocycles. The molecule has 1 atom stereocenters. The maximum atomic E-state index is 11.9. The van der Waals surface area contributed by atoms with E-state index in [-0.39, 0.29) is 18.3 Å². The van der Waals surface area contributed by atoms with E-state index in [1.165, 1.54) is 11.3 Å². The lowest BCUT2D eigenvalue weighted by Gasteiger charge is -2.08. The predicted octanol–water partition coefficient (Wildman–Crippen LogP) is 3.31. The van der Waals surface area contributed by atoms with Crippen molar-refractivity contribution in [2.24, 2.45) is 0 Å². The molecule has 112 valence electrons. The van der Waals surface area contributed by atoms with E-state index >= 15 is 0 Å². The van der Waals surface area contributed by atoms with Crippen molar-refractivity contribution in [3.05, 3.63) is 35.7 Å². The summed E-state index contributed by atoms with van der Waals surface area (Å²) in [7, 11) is 0. The molecule has 0 radical (unpaired) electrons. The number of anilines is 1. The first-order valence-corrected chi connectivity index (χ1v) is 7.73. The number of amides is 1. The van der Waals surface area contributed by atoms with E-state index in [9.17, 15) is 4.79 Å². The zero-order valence-electron chi connectivity index (χ0n) is 11.5. The van der Waals surface area contributed by atoms with Gasteiger partial charge >= 0.3 is 0 Å². The second-order valence-electron chi connectivity index (χ2n) is 4.95.